The fraction of sp³-hybridized carbons (Fsp3) is 0.455. The average molecular weight is 260 g/mol. The van der Waals surface area contributed by atoms with Crippen LogP contribution in [0.25, 0.3) is 0 Å². The molecule has 0 saturated carbocycles. The van der Waals surface area contributed by atoms with Crippen molar-refractivity contribution in [3.63, 3.8) is 0 Å². The molecule has 0 aliphatic carbocycles. The van der Waals surface area contributed by atoms with Crippen LogP contribution in [0.3, 0.4) is 0 Å². The second-order valence-electron chi connectivity index (χ2n) is 4.02. The molecule has 1 unspecified atom stereocenters. The van der Waals surface area contributed by atoms with Gasteiger partial charge in [-0.05, 0) is 25.0 Å². The molecule has 1 atom stereocenters. The minimum Gasteiger partial charge on any atom is -0.337 e. The first-order valence-corrected chi connectivity index (χ1v) is 5.33. The van der Waals surface area contributed by atoms with Gasteiger partial charge < -0.3 is 10.6 Å². The normalized spacial score (nSPS) is 19.6. The third-order valence-corrected chi connectivity index (χ3v) is 2.72. The number of aromatic nitrogens is 1. The van der Waals surface area contributed by atoms with Gasteiger partial charge in [-0.1, -0.05) is 0 Å². The molecule has 1 aliphatic rings. The Labute approximate surface area is 105 Å². The predicted molar refractivity (Wildman–Crippen MR) is 64.6 cm³/mol. The zero-order valence-corrected chi connectivity index (χ0v) is 10.1. The Morgan fingerprint density at radius 3 is 2.88 bits per heavy atom. The van der Waals surface area contributed by atoms with Gasteiger partial charge in [-0.25, -0.2) is 4.98 Å². The molecule has 0 bridgehead atoms. The molecule has 1 aliphatic heterocycles. The maximum absolute atomic E-state index is 12.6. The number of nitrogens with two attached hydrogens (primary N) is 1. The van der Waals surface area contributed by atoms with Crippen LogP contribution in [0.15, 0.2) is 18.3 Å². The van der Waals surface area contributed by atoms with Gasteiger partial charge in [-0.15, -0.1) is 12.4 Å². The molecule has 17 heavy (non-hydrogen) atoms. The molecule has 0 aromatic carbocycles. The second kappa shape index (κ2) is 5.93. The summed E-state index contributed by atoms with van der Waals surface area (Å²) >= 11 is 0. The van der Waals surface area contributed by atoms with Crippen molar-refractivity contribution >= 4 is 18.3 Å². The maximum atomic E-state index is 12.6. The zero-order valence-electron chi connectivity index (χ0n) is 9.30. The topological polar surface area (TPSA) is 59.2 Å². The molecule has 2 heterocycles. The number of hydrogen-bond donors (Lipinski definition) is 1. The van der Waals surface area contributed by atoms with Crippen molar-refractivity contribution in [3.05, 3.63) is 29.8 Å². The quantitative estimate of drug-likeness (QED) is 0.771. The van der Waals surface area contributed by atoms with Crippen molar-refractivity contribution < 1.29 is 9.18 Å². The highest BCUT2D eigenvalue weighted by molar-refractivity contribution is 5.93. The van der Waals surface area contributed by atoms with Crippen LogP contribution in [0.5, 0.6) is 0 Å². The largest absolute Gasteiger partial charge is 0.337 e. The fourth-order valence-electron chi connectivity index (χ4n) is 1.88. The molecule has 4 nitrogen and oxygen atoms in total. The van der Waals surface area contributed by atoms with Crippen LogP contribution in [0.1, 0.15) is 23.2 Å². The van der Waals surface area contributed by atoms with Crippen molar-refractivity contribution in [1.82, 2.24) is 9.88 Å². The van der Waals surface area contributed by atoms with E-state index in [1.165, 1.54) is 18.3 Å². The lowest BCUT2D eigenvalue weighted by atomic mass is 10.1. The van der Waals surface area contributed by atoms with E-state index in [9.17, 15) is 9.18 Å². The smallest absolute Gasteiger partial charge is 0.255 e. The summed E-state index contributed by atoms with van der Waals surface area (Å²) in [6.07, 6.45) is 3.13. The Balaban J connectivity index is 0.00000144. The first-order chi connectivity index (χ1) is 7.66. The zero-order chi connectivity index (χ0) is 11.5. The lowest BCUT2D eigenvalue weighted by Crippen LogP contribution is -2.45. The van der Waals surface area contributed by atoms with E-state index in [-0.39, 0.29) is 24.4 Å². The van der Waals surface area contributed by atoms with Gasteiger partial charge in [0.05, 0.1) is 5.56 Å². The third-order valence-electron chi connectivity index (χ3n) is 2.72. The van der Waals surface area contributed by atoms with Crippen molar-refractivity contribution in [2.45, 2.75) is 18.9 Å². The summed E-state index contributed by atoms with van der Waals surface area (Å²) in [6, 6.07) is 2.69. The fourth-order valence-corrected chi connectivity index (χ4v) is 1.88. The van der Waals surface area contributed by atoms with Gasteiger partial charge in [0.25, 0.3) is 5.91 Å². The molecule has 1 saturated heterocycles. The van der Waals surface area contributed by atoms with Gasteiger partial charge in [0.15, 0.2) is 0 Å². The summed E-state index contributed by atoms with van der Waals surface area (Å²) < 4.78 is 12.6. The molecule has 1 aromatic heterocycles. The van der Waals surface area contributed by atoms with E-state index in [1.807, 2.05) is 0 Å². The summed E-state index contributed by atoms with van der Waals surface area (Å²) in [5.74, 6) is -0.699. The summed E-state index contributed by atoms with van der Waals surface area (Å²) in [5.41, 5.74) is 6.21. The number of nitrogens with zero attached hydrogens (tertiary/aromatic N) is 2. The minimum atomic E-state index is -0.577. The van der Waals surface area contributed by atoms with Crippen molar-refractivity contribution in [1.29, 1.82) is 0 Å². The molecule has 0 radical (unpaired) electrons. The number of pyridine rings is 1. The number of halogens is 2. The second-order valence-corrected chi connectivity index (χ2v) is 4.02. The van der Waals surface area contributed by atoms with E-state index in [4.69, 9.17) is 5.73 Å². The molecule has 1 fully saturated rings. The van der Waals surface area contributed by atoms with Crippen LogP contribution in [-0.2, 0) is 0 Å². The van der Waals surface area contributed by atoms with E-state index in [0.717, 1.165) is 12.8 Å². The number of likely N-dealkylation sites (tertiary alicyclic amines) is 1. The SMILES string of the molecule is Cl.NC1CCCN(C(=O)c2ccc(F)nc2)C1. The van der Waals surface area contributed by atoms with Gasteiger partial charge in [0, 0.05) is 25.3 Å². The Hall–Kier alpha value is -1.20. The molecular formula is C11H15ClFN3O. The highest BCUT2D eigenvalue weighted by atomic mass is 35.5. The molecule has 0 spiro atoms. The van der Waals surface area contributed by atoms with Gasteiger partial charge in [-0.3, -0.25) is 4.79 Å². The molecular weight excluding hydrogens is 245 g/mol. The average Bonchev–Trinajstić information content (AvgIpc) is 2.29. The van der Waals surface area contributed by atoms with Gasteiger partial charge in [0.2, 0.25) is 5.95 Å². The number of amides is 1. The van der Waals surface area contributed by atoms with Crippen LogP contribution in [0.4, 0.5) is 4.39 Å². The lowest BCUT2D eigenvalue weighted by Gasteiger charge is -2.30. The minimum absolute atomic E-state index is 0. The number of piperidine rings is 1. The molecule has 6 heteroatoms. The first kappa shape index (κ1) is 13.9. The van der Waals surface area contributed by atoms with E-state index in [2.05, 4.69) is 4.98 Å². The van der Waals surface area contributed by atoms with E-state index >= 15 is 0 Å². The van der Waals surface area contributed by atoms with Crippen molar-refractivity contribution in [2.24, 2.45) is 5.73 Å². The van der Waals surface area contributed by atoms with Crippen LogP contribution >= 0.6 is 12.4 Å². The van der Waals surface area contributed by atoms with E-state index < -0.39 is 5.95 Å². The highest BCUT2D eigenvalue weighted by Gasteiger charge is 2.22. The number of rotatable bonds is 1. The third kappa shape index (κ3) is 3.38. The molecule has 2 rings (SSSR count). The summed E-state index contributed by atoms with van der Waals surface area (Å²) in [6.45, 7) is 1.28. The van der Waals surface area contributed by atoms with Crippen LogP contribution in [0.2, 0.25) is 0 Å². The summed E-state index contributed by atoms with van der Waals surface area (Å²) in [5, 5.41) is 0. The Morgan fingerprint density at radius 2 is 2.29 bits per heavy atom. The standard InChI is InChI=1S/C11H14FN3O.ClH/c12-10-4-3-8(6-14-10)11(16)15-5-1-2-9(13)7-15;/h3-4,6,9H,1-2,5,7,13H2;1H. The number of carbonyl (C=O) groups excluding carboxylic acids is 1. The van der Waals surface area contributed by atoms with Gasteiger partial charge >= 0.3 is 0 Å². The molecule has 2 N–H and O–H groups in total. The van der Waals surface area contributed by atoms with E-state index in [0.29, 0.717) is 18.7 Å². The van der Waals surface area contributed by atoms with Crippen LogP contribution in [-0.4, -0.2) is 34.9 Å². The molecule has 1 amide bonds. The first-order valence-electron chi connectivity index (χ1n) is 5.33. The lowest BCUT2D eigenvalue weighted by molar-refractivity contribution is 0.0708. The van der Waals surface area contributed by atoms with Crippen LogP contribution in [0, 0.1) is 5.95 Å². The van der Waals surface area contributed by atoms with Gasteiger partial charge in [0.1, 0.15) is 0 Å². The number of hydrogen-bond acceptors (Lipinski definition) is 3. The monoisotopic (exact) mass is 259 g/mol. The van der Waals surface area contributed by atoms with Gasteiger partial charge in [-0.2, -0.15) is 4.39 Å². The Bertz CT molecular complexity index is 385. The molecule has 94 valence electrons. The van der Waals surface area contributed by atoms with E-state index in [1.54, 1.807) is 4.90 Å². The highest BCUT2D eigenvalue weighted by Crippen LogP contribution is 2.12. The summed E-state index contributed by atoms with van der Waals surface area (Å²) in [7, 11) is 0. The van der Waals surface area contributed by atoms with Crippen molar-refractivity contribution in [2.75, 3.05) is 13.1 Å². The van der Waals surface area contributed by atoms with Crippen LogP contribution < -0.4 is 5.73 Å². The Morgan fingerprint density at radius 1 is 1.53 bits per heavy atom. The maximum Gasteiger partial charge on any atom is 0.255 e. The Kier molecular flexibility index (Phi) is 4.84. The van der Waals surface area contributed by atoms with Crippen molar-refractivity contribution in [3.8, 4) is 0 Å². The summed E-state index contributed by atoms with van der Waals surface area (Å²) in [4.78, 5) is 17.1. The number of carbonyl (C=O) groups is 1. The predicted octanol–water partition coefficient (Wildman–Crippen LogP) is 1.21. The molecule has 1 aromatic rings.